The summed E-state index contributed by atoms with van der Waals surface area (Å²) in [6.07, 6.45) is 0. The van der Waals surface area contributed by atoms with E-state index in [1.54, 1.807) is 22.7 Å². The predicted molar refractivity (Wildman–Crippen MR) is 195 cm³/mol. The predicted octanol–water partition coefficient (Wildman–Crippen LogP) is 11.4. The van der Waals surface area contributed by atoms with Crippen LogP contribution in [0, 0.1) is 0 Å². The van der Waals surface area contributed by atoms with Gasteiger partial charge in [0.2, 0.25) is 5.89 Å². The first-order valence-electron chi connectivity index (χ1n) is 15.3. The van der Waals surface area contributed by atoms with E-state index in [1.807, 2.05) is 54.6 Å². The molecule has 4 aromatic heterocycles. The highest BCUT2D eigenvalue weighted by Gasteiger charge is 2.21. The van der Waals surface area contributed by atoms with Crippen LogP contribution in [0.2, 0.25) is 0 Å². The van der Waals surface area contributed by atoms with E-state index in [4.69, 9.17) is 24.4 Å². The number of hydrogen-bond acceptors (Lipinski definition) is 7. The highest BCUT2D eigenvalue weighted by Crippen LogP contribution is 2.44. The fourth-order valence-corrected chi connectivity index (χ4v) is 8.67. The second-order valence-electron chi connectivity index (χ2n) is 11.4. The maximum Gasteiger partial charge on any atom is 0.227 e. The Morgan fingerprint density at radius 2 is 1.06 bits per heavy atom. The molecule has 4 heterocycles. The van der Waals surface area contributed by atoms with Gasteiger partial charge in [0.15, 0.2) is 23.1 Å². The molecule has 47 heavy (non-hydrogen) atoms. The van der Waals surface area contributed by atoms with Crippen molar-refractivity contribution in [3.63, 3.8) is 0 Å². The topological polar surface area (TPSA) is 64.7 Å². The van der Waals surface area contributed by atoms with E-state index in [0.717, 1.165) is 53.5 Å². The van der Waals surface area contributed by atoms with Crippen LogP contribution in [0.1, 0.15) is 0 Å². The summed E-state index contributed by atoms with van der Waals surface area (Å²) in [4.78, 5) is 20.2. The third kappa shape index (κ3) is 4.28. The van der Waals surface area contributed by atoms with Crippen LogP contribution in [0.4, 0.5) is 0 Å². The zero-order valence-electron chi connectivity index (χ0n) is 24.7. The molecule has 0 bridgehead atoms. The second kappa shape index (κ2) is 10.4. The van der Waals surface area contributed by atoms with Gasteiger partial charge in [-0.05, 0) is 54.6 Å². The minimum atomic E-state index is 0.601. The van der Waals surface area contributed by atoms with Crippen LogP contribution in [0.3, 0.4) is 0 Å². The minimum Gasteiger partial charge on any atom is -0.436 e. The van der Waals surface area contributed by atoms with Crippen molar-refractivity contribution >= 4 is 74.1 Å². The lowest BCUT2D eigenvalue weighted by Gasteiger charge is -2.10. The molecule has 6 aromatic carbocycles. The van der Waals surface area contributed by atoms with E-state index in [9.17, 15) is 0 Å². The lowest BCUT2D eigenvalue weighted by atomic mass is 10.0. The van der Waals surface area contributed by atoms with Gasteiger partial charge in [-0.1, -0.05) is 78.9 Å². The van der Waals surface area contributed by atoms with Gasteiger partial charge >= 0.3 is 0 Å². The van der Waals surface area contributed by atoms with Gasteiger partial charge in [-0.25, -0.2) is 19.9 Å². The summed E-state index contributed by atoms with van der Waals surface area (Å²) < 4.78 is 11.1. The molecule has 0 unspecified atom stereocenters. The summed E-state index contributed by atoms with van der Waals surface area (Å²) in [5.41, 5.74) is 5.39. The lowest BCUT2D eigenvalue weighted by molar-refractivity contribution is 0.620. The summed E-state index contributed by atoms with van der Waals surface area (Å²) in [6, 6.07) is 45.8. The van der Waals surface area contributed by atoms with Crippen molar-refractivity contribution in [3.05, 3.63) is 133 Å². The van der Waals surface area contributed by atoms with E-state index in [-0.39, 0.29) is 0 Å². The number of benzene rings is 6. The molecule has 0 amide bonds. The quantitative estimate of drug-likeness (QED) is 0.192. The number of fused-ring (bicyclic) bond motifs is 7. The van der Waals surface area contributed by atoms with Crippen molar-refractivity contribution in [1.82, 2.24) is 19.9 Å². The van der Waals surface area contributed by atoms with Crippen molar-refractivity contribution in [3.8, 4) is 45.6 Å². The van der Waals surface area contributed by atoms with Crippen molar-refractivity contribution < 1.29 is 4.42 Å². The molecule has 0 atom stereocenters. The number of oxazole rings is 1. The molecule has 0 radical (unpaired) electrons. The third-order valence-corrected chi connectivity index (χ3v) is 10.9. The van der Waals surface area contributed by atoms with Crippen molar-refractivity contribution in [2.45, 2.75) is 0 Å². The molecule has 10 aromatic rings. The van der Waals surface area contributed by atoms with Crippen LogP contribution in [0.15, 0.2) is 138 Å². The molecule has 0 aliphatic carbocycles. The van der Waals surface area contributed by atoms with Gasteiger partial charge in [0.25, 0.3) is 0 Å². The Morgan fingerprint density at radius 1 is 0.426 bits per heavy atom. The zero-order chi connectivity index (χ0) is 30.9. The average Bonchev–Trinajstić information content (AvgIpc) is 3.84. The number of hydrogen-bond donors (Lipinski definition) is 0. The largest absolute Gasteiger partial charge is 0.436 e. The second-order valence-corrected chi connectivity index (χ2v) is 13.6. The van der Waals surface area contributed by atoms with Crippen LogP contribution in [-0.2, 0) is 0 Å². The molecule has 0 N–H and O–H groups in total. The highest BCUT2D eigenvalue weighted by molar-refractivity contribution is 7.26. The van der Waals surface area contributed by atoms with E-state index in [1.165, 1.54) is 20.2 Å². The summed E-state index contributed by atoms with van der Waals surface area (Å²) in [5, 5.41) is 4.62. The Bertz CT molecular complexity index is 2780. The summed E-state index contributed by atoms with van der Waals surface area (Å²) >= 11 is 3.56. The van der Waals surface area contributed by atoms with Gasteiger partial charge in [0.05, 0.1) is 0 Å². The normalized spacial score (nSPS) is 11.8. The van der Waals surface area contributed by atoms with Crippen molar-refractivity contribution in [1.29, 1.82) is 0 Å². The minimum absolute atomic E-state index is 0.601. The smallest absolute Gasteiger partial charge is 0.227 e. The van der Waals surface area contributed by atoms with Crippen molar-refractivity contribution in [2.75, 3.05) is 0 Å². The van der Waals surface area contributed by atoms with Crippen LogP contribution in [-0.4, -0.2) is 19.9 Å². The Labute approximate surface area is 276 Å². The van der Waals surface area contributed by atoms with Gasteiger partial charge in [-0.2, -0.15) is 0 Å². The molecule has 5 nitrogen and oxygen atoms in total. The van der Waals surface area contributed by atoms with Crippen LogP contribution in [0.25, 0.3) is 97.1 Å². The molecule has 10 rings (SSSR count). The van der Waals surface area contributed by atoms with E-state index in [2.05, 4.69) is 78.9 Å². The number of aromatic nitrogens is 4. The van der Waals surface area contributed by atoms with Crippen LogP contribution in [0.5, 0.6) is 0 Å². The lowest BCUT2D eigenvalue weighted by Crippen LogP contribution is -2.00. The third-order valence-electron chi connectivity index (χ3n) is 8.59. The fourth-order valence-electron chi connectivity index (χ4n) is 6.43. The molecule has 0 saturated carbocycles. The van der Waals surface area contributed by atoms with E-state index >= 15 is 0 Å². The molecule has 0 spiro atoms. The summed E-state index contributed by atoms with van der Waals surface area (Å²) in [5.74, 6) is 2.50. The monoisotopic (exact) mass is 638 g/mol. The molecular weight excluding hydrogens is 617 g/mol. The molecule has 0 fully saturated rings. The number of para-hydroxylation sites is 2. The highest BCUT2D eigenvalue weighted by atomic mass is 32.1. The summed E-state index contributed by atoms with van der Waals surface area (Å²) in [7, 11) is 0. The molecule has 0 aliphatic rings. The van der Waals surface area contributed by atoms with Crippen LogP contribution >= 0.6 is 22.7 Å². The Kier molecular flexibility index (Phi) is 5.85. The molecule has 7 heteroatoms. The van der Waals surface area contributed by atoms with Crippen LogP contribution < -0.4 is 0 Å². The van der Waals surface area contributed by atoms with E-state index < -0.39 is 0 Å². The van der Waals surface area contributed by atoms with Crippen molar-refractivity contribution in [2.24, 2.45) is 0 Å². The number of thiophene rings is 2. The first kappa shape index (κ1) is 26.5. The Morgan fingerprint density at radius 3 is 1.91 bits per heavy atom. The van der Waals surface area contributed by atoms with Gasteiger partial charge in [0.1, 0.15) is 5.52 Å². The molecule has 0 aliphatic heterocycles. The standard InChI is InChI=1S/C40H22N4OS2/c1-2-10-23(11-3-1)37-42-38(24-20-21-32-28(22-24)25-12-4-7-17-31(25)46-32)44-39(43-37)26-13-8-18-33-35(26)36-27(14-9-19-34(36)47-33)40-41-29-15-5-6-16-30(29)45-40/h1-22H. The first-order valence-corrected chi connectivity index (χ1v) is 16.9. The Hall–Kier alpha value is -5.76. The summed E-state index contributed by atoms with van der Waals surface area (Å²) in [6.45, 7) is 0. The van der Waals surface area contributed by atoms with E-state index in [0.29, 0.717) is 23.4 Å². The molecule has 0 saturated heterocycles. The SMILES string of the molecule is c1ccc(-c2nc(-c3ccc4sc5ccccc5c4c3)nc(-c3cccc4sc5cccc(-c6nc7ccccc7o6)c5c34)n2)cc1. The average molecular weight is 639 g/mol. The molecule has 220 valence electrons. The Balaban J connectivity index is 1.23. The molecular formula is C40H22N4OS2. The zero-order valence-corrected chi connectivity index (χ0v) is 26.3. The van der Waals surface area contributed by atoms with Gasteiger partial charge < -0.3 is 4.42 Å². The maximum atomic E-state index is 6.29. The van der Waals surface area contributed by atoms with Gasteiger partial charge in [-0.3, -0.25) is 0 Å². The maximum absolute atomic E-state index is 6.29. The number of nitrogens with zero attached hydrogens (tertiary/aromatic N) is 4. The number of rotatable bonds is 4. The fraction of sp³-hybridized carbons (Fsp3) is 0. The van der Waals surface area contributed by atoms with Gasteiger partial charge in [-0.15, -0.1) is 22.7 Å². The first-order chi connectivity index (χ1) is 23.3. The van der Waals surface area contributed by atoms with Gasteiger partial charge in [0, 0.05) is 62.6 Å².